The summed E-state index contributed by atoms with van der Waals surface area (Å²) in [4.78, 5) is 26.7. The first-order valence-corrected chi connectivity index (χ1v) is 9.83. The first kappa shape index (κ1) is 18.8. The average Bonchev–Trinajstić information content (AvgIpc) is 2.95. The van der Waals surface area contributed by atoms with Gasteiger partial charge in [-0.2, -0.15) is 0 Å². The molecule has 0 aliphatic carbocycles. The first-order valence-electron chi connectivity index (χ1n) is 7.56. The molecule has 11 heteroatoms. The van der Waals surface area contributed by atoms with Gasteiger partial charge in [0.1, 0.15) is 6.54 Å². The number of nitrogens with one attached hydrogen (secondary N) is 1. The number of sulfone groups is 1. The number of imidazole rings is 1. The third-order valence-corrected chi connectivity index (χ3v) is 4.98. The minimum Gasteiger partial charge on any atom is -0.323 e. The Balaban J connectivity index is 1.92. The lowest BCUT2D eigenvalue weighted by atomic mass is 10.3. The number of rotatable bonds is 5. The Hall–Kier alpha value is -2.98. The Morgan fingerprint density at radius 1 is 1.30 bits per heavy atom. The summed E-state index contributed by atoms with van der Waals surface area (Å²) in [5.41, 5.74) is 0.900. The van der Waals surface area contributed by atoms with Crippen LogP contribution >= 0.6 is 11.6 Å². The van der Waals surface area contributed by atoms with Crippen molar-refractivity contribution in [3.63, 3.8) is 0 Å². The number of anilines is 1. The number of non-ortho nitro benzene ring substituents is 1. The van der Waals surface area contributed by atoms with Crippen molar-refractivity contribution in [1.29, 1.82) is 0 Å². The van der Waals surface area contributed by atoms with Gasteiger partial charge in [0.2, 0.25) is 20.9 Å². The zero-order valence-corrected chi connectivity index (χ0v) is 15.5. The van der Waals surface area contributed by atoms with Crippen LogP contribution in [0.15, 0.2) is 47.6 Å². The molecule has 0 radical (unpaired) electrons. The lowest BCUT2D eigenvalue weighted by molar-refractivity contribution is -0.384. The van der Waals surface area contributed by atoms with Gasteiger partial charge in [0, 0.05) is 18.4 Å². The minimum atomic E-state index is -3.67. The van der Waals surface area contributed by atoms with Crippen LogP contribution in [0.1, 0.15) is 0 Å². The van der Waals surface area contributed by atoms with Gasteiger partial charge in [0.25, 0.3) is 5.69 Å². The van der Waals surface area contributed by atoms with Crippen molar-refractivity contribution in [2.24, 2.45) is 0 Å². The van der Waals surface area contributed by atoms with Gasteiger partial charge in [-0.1, -0.05) is 23.7 Å². The summed E-state index contributed by atoms with van der Waals surface area (Å²) in [6.07, 6.45) is 1.01. The molecule has 0 saturated heterocycles. The Kier molecular flexibility index (Phi) is 4.85. The van der Waals surface area contributed by atoms with Gasteiger partial charge in [0.15, 0.2) is 0 Å². The number of benzene rings is 2. The maximum absolute atomic E-state index is 12.4. The Bertz CT molecular complexity index is 1170. The highest BCUT2D eigenvalue weighted by Gasteiger charge is 2.21. The number of amides is 1. The summed E-state index contributed by atoms with van der Waals surface area (Å²) < 4.78 is 25.3. The van der Waals surface area contributed by atoms with E-state index in [-0.39, 0.29) is 28.1 Å². The quantitative estimate of drug-likeness (QED) is 0.511. The van der Waals surface area contributed by atoms with Crippen LogP contribution in [0.25, 0.3) is 11.0 Å². The monoisotopic (exact) mass is 408 g/mol. The van der Waals surface area contributed by atoms with Crippen molar-refractivity contribution in [3.05, 3.63) is 57.6 Å². The molecule has 0 spiro atoms. The molecule has 140 valence electrons. The third kappa shape index (κ3) is 3.91. The molecule has 0 aliphatic heterocycles. The topological polar surface area (TPSA) is 124 Å². The fourth-order valence-corrected chi connectivity index (χ4v) is 3.59. The standard InChI is InChI=1S/C16H13ClN4O5S/c1-27(25,26)16-19-13-4-2-3-5-14(13)20(16)9-15(22)18-12-7-6-10(21(23)24)8-11(12)17/h2-8H,9H2,1H3,(H,18,22). The number of hydrogen-bond donors (Lipinski definition) is 1. The molecule has 0 atom stereocenters. The van der Waals surface area contributed by atoms with Gasteiger partial charge < -0.3 is 9.88 Å². The van der Waals surface area contributed by atoms with Crippen molar-refractivity contribution in [1.82, 2.24) is 9.55 Å². The lowest BCUT2D eigenvalue weighted by Crippen LogP contribution is -2.21. The van der Waals surface area contributed by atoms with Gasteiger partial charge in [-0.05, 0) is 18.2 Å². The normalized spacial score (nSPS) is 11.5. The molecular weight excluding hydrogens is 396 g/mol. The molecule has 0 aliphatic rings. The second-order valence-corrected chi connectivity index (χ2v) is 8.03. The number of carbonyl (C=O) groups is 1. The second-order valence-electron chi connectivity index (χ2n) is 5.71. The Labute approximate surface area is 158 Å². The van der Waals surface area contributed by atoms with Crippen LogP contribution in [0.3, 0.4) is 0 Å². The number of nitro groups is 1. The molecule has 27 heavy (non-hydrogen) atoms. The van der Waals surface area contributed by atoms with Gasteiger partial charge in [-0.3, -0.25) is 14.9 Å². The van der Waals surface area contributed by atoms with Crippen LogP contribution in [-0.4, -0.2) is 35.1 Å². The number of nitrogens with zero attached hydrogens (tertiary/aromatic N) is 3. The molecule has 1 heterocycles. The summed E-state index contributed by atoms with van der Waals surface area (Å²) in [5.74, 6) is -0.557. The van der Waals surface area contributed by atoms with Crippen molar-refractivity contribution < 1.29 is 18.1 Å². The number of hydrogen-bond acceptors (Lipinski definition) is 6. The van der Waals surface area contributed by atoms with Crippen molar-refractivity contribution in [3.8, 4) is 0 Å². The minimum absolute atomic E-state index is 0.00336. The van der Waals surface area contributed by atoms with Gasteiger partial charge in [-0.25, -0.2) is 13.4 Å². The zero-order chi connectivity index (χ0) is 19.8. The molecule has 0 bridgehead atoms. The van der Waals surface area contributed by atoms with E-state index in [2.05, 4.69) is 10.3 Å². The van der Waals surface area contributed by atoms with Crippen LogP contribution < -0.4 is 5.32 Å². The largest absolute Gasteiger partial charge is 0.323 e. The van der Waals surface area contributed by atoms with E-state index < -0.39 is 20.7 Å². The average molecular weight is 409 g/mol. The fourth-order valence-electron chi connectivity index (χ4n) is 2.54. The highest BCUT2D eigenvalue weighted by molar-refractivity contribution is 7.90. The summed E-state index contributed by atoms with van der Waals surface area (Å²) in [6.45, 7) is -0.323. The van der Waals surface area contributed by atoms with Crippen molar-refractivity contribution in [2.45, 2.75) is 11.7 Å². The van der Waals surface area contributed by atoms with E-state index in [9.17, 15) is 23.3 Å². The predicted octanol–water partition coefficient (Wildman–Crippen LogP) is 2.64. The molecule has 1 amide bonds. The highest BCUT2D eigenvalue weighted by atomic mass is 35.5. The molecule has 1 N–H and O–H groups in total. The number of fused-ring (bicyclic) bond motifs is 1. The van der Waals surface area contributed by atoms with Crippen LogP contribution in [0.2, 0.25) is 5.02 Å². The number of aromatic nitrogens is 2. The van der Waals surface area contributed by atoms with E-state index in [1.165, 1.54) is 16.7 Å². The van der Waals surface area contributed by atoms with E-state index in [1.807, 2.05) is 0 Å². The SMILES string of the molecule is CS(=O)(=O)c1nc2ccccc2n1CC(=O)Nc1ccc([N+](=O)[O-])cc1Cl. The maximum Gasteiger partial charge on any atom is 0.271 e. The van der Waals surface area contributed by atoms with Gasteiger partial charge in [-0.15, -0.1) is 0 Å². The maximum atomic E-state index is 12.4. The smallest absolute Gasteiger partial charge is 0.271 e. The summed E-state index contributed by atoms with van der Waals surface area (Å²) >= 11 is 5.96. The van der Waals surface area contributed by atoms with Crippen LogP contribution in [0.5, 0.6) is 0 Å². The van der Waals surface area contributed by atoms with Crippen LogP contribution in [0.4, 0.5) is 11.4 Å². The molecule has 2 aromatic carbocycles. The number of halogens is 1. The van der Waals surface area contributed by atoms with E-state index in [0.29, 0.717) is 11.0 Å². The Morgan fingerprint density at radius 3 is 2.63 bits per heavy atom. The highest BCUT2D eigenvalue weighted by Crippen LogP contribution is 2.27. The molecule has 3 rings (SSSR count). The molecular formula is C16H13ClN4O5S. The second kappa shape index (κ2) is 6.97. The number of para-hydroxylation sites is 2. The summed E-state index contributed by atoms with van der Waals surface area (Å²) in [7, 11) is -3.67. The first-order chi connectivity index (χ1) is 12.7. The zero-order valence-electron chi connectivity index (χ0n) is 13.9. The number of nitro benzene ring substituents is 1. The molecule has 0 fully saturated rings. The predicted molar refractivity (Wildman–Crippen MR) is 99.6 cm³/mol. The van der Waals surface area contributed by atoms with Crippen LogP contribution in [-0.2, 0) is 21.2 Å². The number of carbonyl (C=O) groups excluding carboxylic acids is 1. The molecule has 3 aromatic rings. The van der Waals surface area contributed by atoms with Gasteiger partial charge >= 0.3 is 0 Å². The van der Waals surface area contributed by atoms with Crippen molar-refractivity contribution in [2.75, 3.05) is 11.6 Å². The lowest BCUT2D eigenvalue weighted by Gasteiger charge is -2.10. The third-order valence-electron chi connectivity index (χ3n) is 3.69. The molecule has 0 saturated carbocycles. The molecule has 0 unspecified atom stereocenters. The summed E-state index contributed by atoms with van der Waals surface area (Å²) in [5, 5.41) is 13.0. The van der Waals surface area contributed by atoms with E-state index in [4.69, 9.17) is 11.6 Å². The van der Waals surface area contributed by atoms with Crippen molar-refractivity contribution >= 4 is 49.8 Å². The van der Waals surface area contributed by atoms with E-state index in [0.717, 1.165) is 12.3 Å². The fraction of sp³-hybridized carbons (Fsp3) is 0.125. The van der Waals surface area contributed by atoms with Crippen LogP contribution in [0, 0.1) is 10.1 Å². The van der Waals surface area contributed by atoms with E-state index in [1.54, 1.807) is 24.3 Å². The summed E-state index contributed by atoms with van der Waals surface area (Å²) in [6, 6.07) is 10.3. The van der Waals surface area contributed by atoms with E-state index >= 15 is 0 Å². The Morgan fingerprint density at radius 2 is 2.00 bits per heavy atom. The molecule has 9 nitrogen and oxygen atoms in total. The van der Waals surface area contributed by atoms with Gasteiger partial charge in [0.05, 0.1) is 26.7 Å². The molecule has 1 aromatic heterocycles.